The van der Waals surface area contributed by atoms with Crippen LogP contribution in [-0.4, -0.2) is 24.8 Å². The lowest BCUT2D eigenvalue weighted by Gasteiger charge is -2.19. The highest BCUT2D eigenvalue weighted by atomic mass is 16.6. The molecule has 0 N–H and O–H groups in total. The van der Waals surface area contributed by atoms with Gasteiger partial charge in [-0.1, -0.05) is 12.7 Å². The van der Waals surface area contributed by atoms with Gasteiger partial charge in [0.2, 0.25) is 0 Å². The molecule has 0 aromatic heterocycles. The first-order valence-corrected chi connectivity index (χ1v) is 4.17. The van der Waals surface area contributed by atoms with E-state index in [0.29, 0.717) is 6.61 Å². The van der Waals surface area contributed by atoms with E-state index >= 15 is 0 Å². The smallest absolute Gasteiger partial charge is 0.330 e. The molecule has 0 heterocycles. The highest BCUT2D eigenvalue weighted by molar-refractivity contribution is 5.81. The van der Waals surface area contributed by atoms with Crippen molar-refractivity contribution in [2.75, 3.05) is 6.61 Å². The van der Waals surface area contributed by atoms with Crippen molar-refractivity contribution >= 4 is 5.97 Å². The zero-order chi connectivity index (χ0) is 10.3. The molecule has 0 rings (SSSR count). The number of esters is 1. The Hall–Kier alpha value is -1.09. The summed E-state index contributed by atoms with van der Waals surface area (Å²) in [4.78, 5) is 10.8. The molecule has 0 aromatic carbocycles. The van der Waals surface area contributed by atoms with E-state index in [0.717, 1.165) is 6.08 Å². The van der Waals surface area contributed by atoms with Gasteiger partial charge in [0.25, 0.3) is 0 Å². The number of carbonyl (C=O) groups excluding carboxylic acids is 1. The van der Waals surface area contributed by atoms with Crippen LogP contribution in [0.15, 0.2) is 25.3 Å². The summed E-state index contributed by atoms with van der Waals surface area (Å²) < 4.78 is 10.2. The van der Waals surface area contributed by atoms with Crippen LogP contribution in [0, 0.1) is 0 Å². The van der Waals surface area contributed by atoms with Crippen LogP contribution in [0.25, 0.3) is 0 Å². The Balaban J connectivity index is 3.80. The minimum Gasteiger partial charge on any atom is -0.457 e. The molecule has 0 aliphatic carbocycles. The lowest BCUT2D eigenvalue weighted by atomic mass is 10.2. The van der Waals surface area contributed by atoms with Crippen LogP contribution in [0.3, 0.4) is 0 Å². The van der Waals surface area contributed by atoms with Crippen molar-refractivity contribution in [3.63, 3.8) is 0 Å². The Kier molecular flexibility index (Phi) is 5.89. The Morgan fingerprint density at radius 1 is 1.38 bits per heavy atom. The molecule has 0 saturated carbocycles. The molecule has 2 atom stereocenters. The van der Waals surface area contributed by atoms with Gasteiger partial charge in [-0.05, 0) is 13.8 Å². The summed E-state index contributed by atoms with van der Waals surface area (Å²) in [7, 11) is 0. The average molecular weight is 184 g/mol. The zero-order valence-electron chi connectivity index (χ0n) is 8.16. The maximum atomic E-state index is 10.8. The molecule has 3 nitrogen and oxygen atoms in total. The third-order valence-corrected chi connectivity index (χ3v) is 1.61. The van der Waals surface area contributed by atoms with Crippen molar-refractivity contribution in [3.8, 4) is 0 Å². The van der Waals surface area contributed by atoms with Crippen LogP contribution in [0.2, 0.25) is 0 Å². The Morgan fingerprint density at radius 3 is 2.46 bits per heavy atom. The highest BCUT2D eigenvalue weighted by Crippen LogP contribution is 2.03. The van der Waals surface area contributed by atoms with Gasteiger partial charge in [-0.15, -0.1) is 6.58 Å². The molecule has 0 amide bonds. The first-order chi connectivity index (χ1) is 6.11. The molecular weight excluding hydrogens is 168 g/mol. The van der Waals surface area contributed by atoms with E-state index in [4.69, 9.17) is 9.47 Å². The fourth-order valence-electron chi connectivity index (χ4n) is 0.682. The molecule has 13 heavy (non-hydrogen) atoms. The van der Waals surface area contributed by atoms with Gasteiger partial charge in [0.05, 0.1) is 12.7 Å². The van der Waals surface area contributed by atoms with Gasteiger partial charge >= 0.3 is 5.97 Å². The summed E-state index contributed by atoms with van der Waals surface area (Å²) in [5.74, 6) is -0.429. The third-order valence-electron chi connectivity index (χ3n) is 1.61. The Labute approximate surface area is 79.0 Å². The Morgan fingerprint density at radius 2 is 2.00 bits per heavy atom. The largest absolute Gasteiger partial charge is 0.457 e. The van der Waals surface area contributed by atoms with Crippen molar-refractivity contribution in [1.29, 1.82) is 0 Å². The lowest BCUT2D eigenvalue weighted by Crippen LogP contribution is -2.28. The fourth-order valence-corrected chi connectivity index (χ4v) is 0.682. The summed E-state index contributed by atoms with van der Waals surface area (Å²) in [5.41, 5.74) is 0. The first kappa shape index (κ1) is 11.9. The zero-order valence-corrected chi connectivity index (χ0v) is 8.16. The quantitative estimate of drug-likeness (QED) is 0.358. The van der Waals surface area contributed by atoms with Gasteiger partial charge in [0.1, 0.15) is 6.10 Å². The summed E-state index contributed by atoms with van der Waals surface area (Å²) in [5, 5.41) is 0. The van der Waals surface area contributed by atoms with Crippen molar-refractivity contribution in [3.05, 3.63) is 25.3 Å². The van der Waals surface area contributed by atoms with Crippen molar-refractivity contribution in [1.82, 2.24) is 0 Å². The lowest BCUT2D eigenvalue weighted by molar-refractivity contribution is -0.148. The molecule has 0 spiro atoms. The van der Waals surface area contributed by atoms with Crippen LogP contribution >= 0.6 is 0 Å². The van der Waals surface area contributed by atoms with E-state index in [-0.39, 0.29) is 12.2 Å². The van der Waals surface area contributed by atoms with Crippen LogP contribution in [0.1, 0.15) is 13.8 Å². The van der Waals surface area contributed by atoms with Crippen molar-refractivity contribution in [2.24, 2.45) is 0 Å². The number of rotatable bonds is 6. The second kappa shape index (κ2) is 6.43. The molecule has 2 unspecified atom stereocenters. The second-order valence-electron chi connectivity index (χ2n) is 2.67. The second-order valence-corrected chi connectivity index (χ2v) is 2.67. The molecule has 0 aliphatic rings. The SMILES string of the molecule is C=CCOC(C)C(C)OC(=O)C=C. The molecule has 0 radical (unpaired) electrons. The number of carbonyl (C=O) groups is 1. The fraction of sp³-hybridized carbons (Fsp3) is 0.500. The van der Waals surface area contributed by atoms with Crippen molar-refractivity contribution < 1.29 is 14.3 Å². The van der Waals surface area contributed by atoms with E-state index in [1.807, 2.05) is 6.92 Å². The number of hydrogen-bond acceptors (Lipinski definition) is 3. The first-order valence-electron chi connectivity index (χ1n) is 4.17. The maximum Gasteiger partial charge on any atom is 0.330 e. The van der Waals surface area contributed by atoms with Gasteiger partial charge in [0.15, 0.2) is 0 Å². The molecule has 0 aromatic rings. The summed E-state index contributed by atoms with van der Waals surface area (Å²) in [6.45, 7) is 10.9. The highest BCUT2D eigenvalue weighted by Gasteiger charge is 2.14. The van der Waals surface area contributed by atoms with Gasteiger partial charge in [-0.2, -0.15) is 0 Å². The third kappa shape index (κ3) is 5.20. The predicted octanol–water partition coefficient (Wildman–Crippen LogP) is 1.70. The van der Waals surface area contributed by atoms with E-state index in [1.54, 1.807) is 13.0 Å². The molecular formula is C10H16O3. The summed E-state index contributed by atoms with van der Waals surface area (Å²) in [6.07, 6.45) is 2.38. The molecule has 0 fully saturated rings. The molecule has 0 saturated heterocycles. The van der Waals surface area contributed by atoms with Gasteiger partial charge in [-0.25, -0.2) is 4.79 Å². The van der Waals surface area contributed by atoms with E-state index < -0.39 is 5.97 Å². The minimum absolute atomic E-state index is 0.137. The predicted molar refractivity (Wildman–Crippen MR) is 51.4 cm³/mol. The monoisotopic (exact) mass is 184 g/mol. The molecule has 0 bridgehead atoms. The van der Waals surface area contributed by atoms with E-state index in [1.165, 1.54) is 0 Å². The van der Waals surface area contributed by atoms with E-state index in [9.17, 15) is 4.79 Å². The van der Waals surface area contributed by atoms with Crippen LogP contribution in [-0.2, 0) is 14.3 Å². The normalized spacial score (nSPS) is 14.3. The van der Waals surface area contributed by atoms with Crippen LogP contribution in [0.4, 0.5) is 0 Å². The van der Waals surface area contributed by atoms with E-state index in [2.05, 4.69) is 13.2 Å². The molecule has 3 heteroatoms. The average Bonchev–Trinajstić information content (AvgIpc) is 2.13. The van der Waals surface area contributed by atoms with Gasteiger partial charge < -0.3 is 9.47 Å². The number of hydrogen-bond donors (Lipinski definition) is 0. The van der Waals surface area contributed by atoms with Crippen LogP contribution in [0.5, 0.6) is 0 Å². The topological polar surface area (TPSA) is 35.5 Å². The van der Waals surface area contributed by atoms with Crippen molar-refractivity contribution in [2.45, 2.75) is 26.1 Å². The number of ether oxygens (including phenoxy) is 2. The molecule has 0 aliphatic heterocycles. The Bertz CT molecular complexity index is 187. The molecule has 74 valence electrons. The summed E-state index contributed by atoms with van der Waals surface area (Å²) >= 11 is 0. The minimum atomic E-state index is -0.429. The summed E-state index contributed by atoms with van der Waals surface area (Å²) in [6, 6.07) is 0. The standard InChI is InChI=1S/C10H16O3/c1-5-7-12-8(3)9(4)13-10(11)6-2/h5-6,8-9H,1-2,7H2,3-4H3. The van der Waals surface area contributed by atoms with Crippen LogP contribution < -0.4 is 0 Å². The maximum absolute atomic E-state index is 10.8. The van der Waals surface area contributed by atoms with Gasteiger partial charge in [0, 0.05) is 6.08 Å². The van der Waals surface area contributed by atoms with Gasteiger partial charge in [-0.3, -0.25) is 0 Å².